The summed E-state index contributed by atoms with van der Waals surface area (Å²) in [7, 11) is 1.72. The van der Waals surface area contributed by atoms with Crippen LogP contribution in [0.25, 0.3) is 11.2 Å². The third-order valence-corrected chi connectivity index (χ3v) is 6.32. The zero-order valence-corrected chi connectivity index (χ0v) is 17.7. The van der Waals surface area contributed by atoms with Crippen molar-refractivity contribution in [2.45, 2.75) is 18.6 Å². The average Bonchev–Trinajstić information content (AvgIpc) is 3.29. The molecule has 1 fully saturated rings. The van der Waals surface area contributed by atoms with Gasteiger partial charge in [-0.15, -0.1) is 0 Å². The van der Waals surface area contributed by atoms with Crippen molar-refractivity contribution in [3.05, 3.63) is 52.8 Å². The number of carbonyl (C=O) groups excluding carboxylic acids is 1. The lowest BCUT2D eigenvalue weighted by Crippen LogP contribution is -2.43. The Balaban J connectivity index is 1.27. The van der Waals surface area contributed by atoms with Gasteiger partial charge >= 0.3 is 0 Å². The van der Waals surface area contributed by atoms with Gasteiger partial charge in [-0.3, -0.25) is 14.2 Å². The lowest BCUT2D eigenvalue weighted by molar-refractivity contribution is -0.125. The van der Waals surface area contributed by atoms with E-state index in [1.165, 1.54) is 4.57 Å². The maximum atomic E-state index is 12.7. The highest BCUT2D eigenvalue weighted by atomic mass is 32.2. The zero-order chi connectivity index (χ0) is 20.9. The number of aromatic nitrogens is 3. The molecule has 1 amide bonds. The van der Waals surface area contributed by atoms with Gasteiger partial charge in [0.1, 0.15) is 11.3 Å². The molecule has 0 atom stereocenters. The third-order valence-electron chi connectivity index (χ3n) is 5.34. The van der Waals surface area contributed by atoms with Crippen molar-refractivity contribution in [3.8, 4) is 0 Å². The largest absolute Gasteiger partial charge is 0.468 e. The van der Waals surface area contributed by atoms with Gasteiger partial charge in [-0.05, 0) is 37.1 Å². The summed E-state index contributed by atoms with van der Waals surface area (Å²) in [5.41, 5.74) is 1.12. The molecule has 30 heavy (non-hydrogen) atoms. The van der Waals surface area contributed by atoms with Gasteiger partial charge in [0.05, 0.1) is 12.0 Å². The minimum Gasteiger partial charge on any atom is -0.468 e. The molecule has 8 nitrogen and oxygen atoms in total. The average molecular weight is 428 g/mol. The van der Waals surface area contributed by atoms with E-state index in [0.29, 0.717) is 49.5 Å². The number of piperidine rings is 1. The zero-order valence-electron chi connectivity index (χ0n) is 16.9. The molecule has 0 bridgehead atoms. The van der Waals surface area contributed by atoms with Crippen LogP contribution >= 0.6 is 11.8 Å². The molecule has 1 aliphatic heterocycles. The summed E-state index contributed by atoms with van der Waals surface area (Å²) < 4.78 is 6.84. The van der Waals surface area contributed by atoms with Crippen molar-refractivity contribution in [1.29, 1.82) is 0 Å². The monoisotopic (exact) mass is 427 g/mol. The molecule has 158 valence electrons. The number of carbonyl (C=O) groups is 1. The van der Waals surface area contributed by atoms with Crippen molar-refractivity contribution < 1.29 is 9.21 Å². The van der Waals surface area contributed by atoms with Gasteiger partial charge in [0.15, 0.2) is 11.5 Å². The molecule has 9 heteroatoms. The van der Waals surface area contributed by atoms with E-state index in [1.54, 1.807) is 31.3 Å². The van der Waals surface area contributed by atoms with E-state index in [9.17, 15) is 9.59 Å². The summed E-state index contributed by atoms with van der Waals surface area (Å²) in [6, 6.07) is 7.50. The molecular weight excluding hydrogens is 402 g/mol. The first-order chi connectivity index (χ1) is 14.6. The lowest BCUT2D eigenvalue weighted by atomic mass is 9.96. The van der Waals surface area contributed by atoms with E-state index >= 15 is 0 Å². The van der Waals surface area contributed by atoms with Gasteiger partial charge in [-0.25, -0.2) is 9.97 Å². The maximum Gasteiger partial charge on any atom is 0.294 e. The Labute approximate surface area is 178 Å². The van der Waals surface area contributed by atoms with Crippen LogP contribution in [0.2, 0.25) is 0 Å². The number of amides is 1. The van der Waals surface area contributed by atoms with Crippen molar-refractivity contribution in [3.63, 3.8) is 0 Å². The van der Waals surface area contributed by atoms with E-state index in [0.717, 1.165) is 17.3 Å². The third kappa shape index (κ3) is 4.51. The smallest absolute Gasteiger partial charge is 0.294 e. The SMILES string of the molecule is Cn1c(=O)c(N2CCC(C(=O)NCCSCc3ccco3)CC2)nc2cccnc21. The standard InChI is InChI=1S/C21H25N5O3S/c1-25-18-17(5-2-8-22-18)24-19(21(25)28)26-10-6-15(7-11-26)20(27)23-9-13-30-14-16-4-3-12-29-16/h2-5,8,12,15H,6-7,9-11,13-14H2,1H3,(H,23,27). The van der Waals surface area contributed by atoms with Crippen LogP contribution in [0, 0.1) is 5.92 Å². The molecule has 0 aliphatic carbocycles. The molecule has 4 heterocycles. The number of hydrogen-bond donors (Lipinski definition) is 1. The molecule has 3 aromatic heterocycles. The Morgan fingerprint density at radius 2 is 2.13 bits per heavy atom. The molecule has 0 unspecified atom stereocenters. The fourth-order valence-electron chi connectivity index (χ4n) is 3.66. The molecule has 1 saturated heterocycles. The number of nitrogens with one attached hydrogen (secondary N) is 1. The van der Waals surface area contributed by atoms with Crippen molar-refractivity contribution in [2.24, 2.45) is 13.0 Å². The summed E-state index contributed by atoms with van der Waals surface area (Å²) >= 11 is 1.73. The van der Waals surface area contributed by atoms with Crippen molar-refractivity contribution in [2.75, 3.05) is 30.3 Å². The molecular formula is C21H25N5O3S. The van der Waals surface area contributed by atoms with E-state index in [2.05, 4.69) is 15.3 Å². The second-order valence-electron chi connectivity index (χ2n) is 7.33. The van der Waals surface area contributed by atoms with Crippen LogP contribution in [0.3, 0.4) is 0 Å². The highest BCUT2D eigenvalue weighted by Gasteiger charge is 2.27. The Hall–Kier alpha value is -2.81. The fraction of sp³-hybridized carbons (Fsp3) is 0.429. The number of hydrogen-bond acceptors (Lipinski definition) is 7. The Morgan fingerprint density at radius 3 is 2.90 bits per heavy atom. The highest BCUT2D eigenvalue weighted by molar-refractivity contribution is 7.98. The molecule has 3 aromatic rings. The Morgan fingerprint density at radius 1 is 1.30 bits per heavy atom. The number of fused-ring (bicyclic) bond motifs is 1. The predicted octanol–water partition coefficient (Wildman–Crippen LogP) is 2.19. The number of nitrogens with zero attached hydrogens (tertiary/aromatic N) is 4. The van der Waals surface area contributed by atoms with Gasteiger partial charge in [-0.1, -0.05) is 0 Å². The number of rotatable bonds is 7. The minimum atomic E-state index is -0.155. The van der Waals surface area contributed by atoms with E-state index in [4.69, 9.17) is 4.42 Å². The van der Waals surface area contributed by atoms with Crippen LogP contribution in [0.15, 0.2) is 45.9 Å². The van der Waals surface area contributed by atoms with Crippen molar-refractivity contribution in [1.82, 2.24) is 19.9 Å². The molecule has 0 spiro atoms. The number of pyridine rings is 1. The van der Waals surface area contributed by atoms with Crippen LogP contribution < -0.4 is 15.8 Å². The van der Waals surface area contributed by atoms with Crippen LogP contribution in [0.5, 0.6) is 0 Å². The first-order valence-corrected chi connectivity index (χ1v) is 11.2. The quantitative estimate of drug-likeness (QED) is 0.578. The molecule has 0 saturated carbocycles. The summed E-state index contributed by atoms with van der Waals surface area (Å²) in [6.45, 7) is 1.92. The fourth-order valence-corrected chi connectivity index (χ4v) is 4.42. The Kier molecular flexibility index (Phi) is 6.37. The van der Waals surface area contributed by atoms with Crippen LogP contribution in [-0.2, 0) is 17.6 Å². The van der Waals surface area contributed by atoms with Gasteiger partial charge in [0, 0.05) is 44.5 Å². The van der Waals surface area contributed by atoms with Crippen molar-refractivity contribution >= 4 is 34.7 Å². The molecule has 1 N–H and O–H groups in total. The Bertz CT molecular complexity index is 1060. The topological polar surface area (TPSA) is 93.3 Å². The van der Waals surface area contributed by atoms with E-state index in [-0.39, 0.29) is 17.4 Å². The van der Waals surface area contributed by atoms with Gasteiger partial charge in [0.2, 0.25) is 5.91 Å². The molecule has 0 radical (unpaired) electrons. The molecule has 0 aromatic carbocycles. The van der Waals surface area contributed by atoms with Crippen LogP contribution in [-0.4, -0.2) is 45.8 Å². The van der Waals surface area contributed by atoms with Gasteiger partial charge in [-0.2, -0.15) is 11.8 Å². The van der Waals surface area contributed by atoms with Gasteiger partial charge in [0.25, 0.3) is 5.56 Å². The summed E-state index contributed by atoms with van der Waals surface area (Å²) in [6.07, 6.45) is 4.75. The molecule has 1 aliphatic rings. The number of thioether (sulfide) groups is 1. The predicted molar refractivity (Wildman–Crippen MR) is 118 cm³/mol. The normalized spacial score (nSPS) is 14.9. The van der Waals surface area contributed by atoms with E-state index in [1.807, 2.05) is 29.2 Å². The molecule has 4 rings (SSSR count). The highest BCUT2D eigenvalue weighted by Crippen LogP contribution is 2.21. The van der Waals surface area contributed by atoms with E-state index < -0.39 is 0 Å². The number of anilines is 1. The van der Waals surface area contributed by atoms with Crippen LogP contribution in [0.1, 0.15) is 18.6 Å². The summed E-state index contributed by atoms with van der Waals surface area (Å²) in [5.74, 6) is 3.11. The summed E-state index contributed by atoms with van der Waals surface area (Å²) in [4.78, 5) is 36.0. The second-order valence-corrected chi connectivity index (χ2v) is 8.44. The second kappa shape index (κ2) is 9.34. The number of furan rings is 1. The first kappa shape index (κ1) is 20.5. The maximum absolute atomic E-state index is 12.7. The number of aryl methyl sites for hydroxylation is 1. The minimum absolute atomic E-state index is 0.0256. The van der Waals surface area contributed by atoms with Gasteiger partial charge < -0.3 is 14.6 Å². The first-order valence-electron chi connectivity index (χ1n) is 10.1. The summed E-state index contributed by atoms with van der Waals surface area (Å²) in [5, 5.41) is 3.03. The lowest BCUT2D eigenvalue weighted by Gasteiger charge is -2.31. The van der Waals surface area contributed by atoms with Crippen LogP contribution in [0.4, 0.5) is 5.82 Å².